The first-order chi connectivity index (χ1) is 9.25. The van der Waals surface area contributed by atoms with Crippen LogP contribution in [0.2, 0.25) is 19.6 Å². The first-order valence-electron chi connectivity index (χ1n) is 7.40. The van der Waals surface area contributed by atoms with E-state index in [1.165, 1.54) is 0 Å². The number of ether oxygens (including phenoxy) is 2. The second-order valence-electron chi connectivity index (χ2n) is 5.37. The third kappa shape index (κ3) is 6.37. The van der Waals surface area contributed by atoms with Crippen LogP contribution < -0.4 is 0 Å². The molecule has 0 aliphatic heterocycles. The molecule has 0 radical (unpaired) electrons. The van der Waals surface area contributed by atoms with Crippen molar-refractivity contribution in [3.63, 3.8) is 0 Å². The van der Waals surface area contributed by atoms with Crippen LogP contribution in [0, 0.1) is 0 Å². The molecule has 0 aliphatic carbocycles. The second kappa shape index (κ2) is 9.33. The third-order valence-electron chi connectivity index (χ3n) is 2.48. The monoisotopic (exact) mass is 326 g/mol. The average Bonchev–Trinajstić information content (AvgIpc) is 2.34. The third-order valence-corrected chi connectivity index (χ3v) is 6.49. The number of hydrogen-bond acceptors (Lipinski definition) is 5. The summed E-state index contributed by atoms with van der Waals surface area (Å²) in [5.41, 5.74) is 0. The molecular weight excluding hydrogens is 295 g/mol. The molecule has 0 bridgehead atoms. The molecule has 0 saturated carbocycles. The topological polar surface area (TPSA) is 54.0 Å². The van der Waals surface area contributed by atoms with Crippen LogP contribution in [0.15, 0.2) is 0 Å². The van der Waals surface area contributed by atoms with Gasteiger partial charge < -0.3 is 18.4 Å². The molecule has 0 heterocycles. The predicted molar refractivity (Wildman–Crippen MR) is 84.8 cm³/mol. The van der Waals surface area contributed by atoms with Crippen molar-refractivity contribution in [2.24, 2.45) is 0 Å². The number of hydrogen-bond donors (Lipinski definition) is 0. The van der Waals surface area contributed by atoms with Crippen LogP contribution >= 0.6 is 7.37 Å². The normalized spacial score (nSPS) is 17.2. The molecule has 122 valence electrons. The summed E-state index contributed by atoms with van der Waals surface area (Å²) in [6, 6.07) is -0.848. The van der Waals surface area contributed by atoms with Gasteiger partial charge in [0.2, 0.25) is 6.03 Å². The molecule has 7 heteroatoms. The highest BCUT2D eigenvalue weighted by Gasteiger charge is 2.45. The van der Waals surface area contributed by atoms with Crippen molar-refractivity contribution in [2.45, 2.75) is 65.6 Å². The van der Waals surface area contributed by atoms with E-state index >= 15 is 0 Å². The van der Waals surface area contributed by atoms with E-state index in [9.17, 15) is 4.57 Å². The maximum atomic E-state index is 13.3. The SMILES string of the molecule is CCOC(OCC)P(=O)(OCC)C(CC)O[Si](C)(C)C. The Kier molecular flexibility index (Phi) is 9.47. The van der Waals surface area contributed by atoms with Crippen LogP contribution in [0.5, 0.6) is 0 Å². The van der Waals surface area contributed by atoms with Crippen LogP contribution in [-0.2, 0) is 23.0 Å². The molecule has 0 aromatic carbocycles. The van der Waals surface area contributed by atoms with Crippen LogP contribution in [0.3, 0.4) is 0 Å². The molecule has 0 rings (SSSR count). The van der Waals surface area contributed by atoms with Crippen LogP contribution in [0.4, 0.5) is 0 Å². The van der Waals surface area contributed by atoms with E-state index in [0.717, 1.165) is 0 Å². The van der Waals surface area contributed by atoms with Gasteiger partial charge in [-0.3, -0.25) is 4.57 Å². The fourth-order valence-electron chi connectivity index (χ4n) is 1.84. The summed E-state index contributed by atoms with van der Waals surface area (Å²) in [7, 11) is -5.04. The molecule has 0 aromatic rings. The molecule has 0 N–H and O–H groups in total. The van der Waals surface area contributed by atoms with Gasteiger partial charge in [0, 0.05) is 13.2 Å². The minimum absolute atomic E-state index is 0.347. The van der Waals surface area contributed by atoms with E-state index in [1.54, 1.807) is 0 Å². The summed E-state index contributed by atoms with van der Waals surface area (Å²) in [6.45, 7) is 14.9. The van der Waals surface area contributed by atoms with Gasteiger partial charge in [-0.2, -0.15) is 0 Å². The van der Waals surface area contributed by atoms with Crippen molar-refractivity contribution in [3.8, 4) is 0 Å². The highest BCUT2D eigenvalue weighted by Crippen LogP contribution is 2.59. The second-order valence-corrected chi connectivity index (χ2v) is 12.4. The van der Waals surface area contributed by atoms with E-state index in [2.05, 4.69) is 19.6 Å². The lowest BCUT2D eigenvalue weighted by molar-refractivity contribution is -0.0919. The summed E-state index contributed by atoms with van der Waals surface area (Å²) in [4.78, 5) is 0. The molecule has 0 aliphatic rings. The van der Waals surface area contributed by atoms with Gasteiger partial charge in [0.25, 0.3) is 7.37 Å². The Hall–Kier alpha value is 0.287. The van der Waals surface area contributed by atoms with E-state index < -0.39 is 27.6 Å². The van der Waals surface area contributed by atoms with Crippen molar-refractivity contribution in [1.29, 1.82) is 0 Å². The van der Waals surface area contributed by atoms with Gasteiger partial charge in [0.1, 0.15) is 5.85 Å². The van der Waals surface area contributed by atoms with Crippen LogP contribution in [0.1, 0.15) is 34.1 Å². The lowest BCUT2D eigenvalue weighted by Crippen LogP contribution is -2.35. The standard InChI is InChI=1S/C13H31O5PSi/c1-8-12(18-20(5,6)7)19(14,17-11-4)13(15-9-2)16-10-3/h12-13H,8-11H2,1-7H3. The van der Waals surface area contributed by atoms with Gasteiger partial charge in [-0.05, 0) is 46.8 Å². The summed E-state index contributed by atoms with van der Waals surface area (Å²) < 4.78 is 36.0. The quantitative estimate of drug-likeness (QED) is 0.323. The Labute approximate surface area is 124 Å². The molecular formula is C13H31O5PSi. The van der Waals surface area contributed by atoms with Crippen molar-refractivity contribution in [2.75, 3.05) is 19.8 Å². The Bertz CT molecular complexity index is 300. The van der Waals surface area contributed by atoms with E-state index in [0.29, 0.717) is 26.2 Å². The first kappa shape index (κ1) is 20.3. The van der Waals surface area contributed by atoms with Crippen molar-refractivity contribution in [1.82, 2.24) is 0 Å². The maximum Gasteiger partial charge on any atom is 0.284 e. The predicted octanol–water partition coefficient (Wildman–Crippen LogP) is 4.25. The summed E-state index contributed by atoms with van der Waals surface area (Å²) >= 11 is 0. The first-order valence-corrected chi connectivity index (χ1v) is 12.6. The largest absolute Gasteiger partial charge is 0.405 e. The zero-order valence-corrected chi connectivity index (χ0v) is 15.9. The Morgan fingerprint density at radius 1 is 0.950 bits per heavy atom. The summed E-state index contributed by atoms with van der Waals surface area (Å²) in [5.74, 6) is -0.475. The summed E-state index contributed by atoms with van der Waals surface area (Å²) in [5, 5.41) is 0. The summed E-state index contributed by atoms with van der Waals surface area (Å²) in [6.07, 6.45) is 0.609. The molecule has 20 heavy (non-hydrogen) atoms. The van der Waals surface area contributed by atoms with Gasteiger partial charge in [-0.1, -0.05) is 6.92 Å². The minimum atomic E-state index is -3.20. The fourth-order valence-corrected chi connectivity index (χ4v) is 6.55. The average molecular weight is 326 g/mol. The van der Waals surface area contributed by atoms with E-state index in [1.807, 2.05) is 27.7 Å². The highest BCUT2D eigenvalue weighted by molar-refractivity contribution is 7.60. The zero-order chi connectivity index (χ0) is 15.8. The molecule has 0 spiro atoms. The van der Waals surface area contributed by atoms with Gasteiger partial charge in [0.05, 0.1) is 6.61 Å². The van der Waals surface area contributed by atoms with Crippen molar-refractivity contribution >= 4 is 15.7 Å². The lowest BCUT2D eigenvalue weighted by Gasteiger charge is -2.35. The minimum Gasteiger partial charge on any atom is -0.405 e. The van der Waals surface area contributed by atoms with E-state index in [-0.39, 0.29) is 0 Å². The zero-order valence-electron chi connectivity index (χ0n) is 14.0. The van der Waals surface area contributed by atoms with E-state index in [4.69, 9.17) is 18.4 Å². The number of rotatable bonds is 11. The van der Waals surface area contributed by atoms with Crippen molar-refractivity contribution in [3.05, 3.63) is 0 Å². The maximum absolute atomic E-state index is 13.3. The molecule has 2 atom stereocenters. The molecule has 0 fully saturated rings. The molecule has 2 unspecified atom stereocenters. The Balaban J connectivity index is 5.33. The lowest BCUT2D eigenvalue weighted by atomic mass is 10.5. The van der Waals surface area contributed by atoms with Gasteiger partial charge in [-0.15, -0.1) is 0 Å². The molecule has 0 aromatic heterocycles. The fraction of sp³-hybridized carbons (Fsp3) is 1.00. The Morgan fingerprint density at radius 3 is 1.75 bits per heavy atom. The molecule has 0 amide bonds. The molecule has 5 nitrogen and oxygen atoms in total. The van der Waals surface area contributed by atoms with Crippen molar-refractivity contribution < 1.29 is 23.0 Å². The molecule has 0 saturated heterocycles. The van der Waals surface area contributed by atoms with Crippen LogP contribution in [-0.4, -0.2) is 40.0 Å². The smallest absolute Gasteiger partial charge is 0.284 e. The highest BCUT2D eigenvalue weighted by atomic mass is 31.2. The Morgan fingerprint density at radius 2 is 1.45 bits per heavy atom. The van der Waals surface area contributed by atoms with Gasteiger partial charge >= 0.3 is 0 Å². The van der Waals surface area contributed by atoms with Crippen LogP contribution in [0.25, 0.3) is 0 Å². The van der Waals surface area contributed by atoms with Gasteiger partial charge in [-0.25, -0.2) is 0 Å². The van der Waals surface area contributed by atoms with Gasteiger partial charge in [0.15, 0.2) is 8.32 Å².